The van der Waals surface area contributed by atoms with Gasteiger partial charge in [0.15, 0.2) is 0 Å². The molecule has 0 aromatic heterocycles. The second-order valence-electron chi connectivity index (χ2n) is 3.71. The summed E-state index contributed by atoms with van der Waals surface area (Å²) in [5, 5.41) is 18.0. The van der Waals surface area contributed by atoms with Crippen molar-refractivity contribution in [3.8, 4) is 0 Å². The van der Waals surface area contributed by atoms with Crippen LogP contribution in [0.15, 0.2) is 24.3 Å². The van der Waals surface area contributed by atoms with Gasteiger partial charge in [-0.2, -0.15) is 0 Å². The fraction of sp³-hybridized carbons (Fsp3) is 0.333. The summed E-state index contributed by atoms with van der Waals surface area (Å²) in [6.45, 7) is 0.452. The Labute approximate surface area is 94.5 Å². The Kier molecular flexibility index (Phi) is 2.92. The van der Waals surface area contributed by atoms with Crippen molar-refractivity contribution in [3.05, 3.63) is 24.3 Å². The van der Waals surface area contributed by atoms with E-state index < -0.39 is 17.1 Å². The lowest BCUT2D eigenvalue weighted by atomic mass is 9.80. The summed E-state index contributed by atoms with van der Waals surface area (Å²) in [5.41, 5.74) is 0.780. The molecular weight excluding hydrogens is 229 g/mol. The molecule has 1 fully saturated rings. The van der Waals surface area contributed by atoms with Crippen LogP contribution >= 0.6 is 0 Å². The highest BCUT2D eigenvalue weighted by atomic mass is 32.2. The Balaban J connectivity index is 2.38. The molecule has 1 aliphatic rings. The zero-order valence-corrected chi connectivity index (χ0v) is 9.39. The molecule has 0 amide bonds. The Hall–Kier alpha value is -1.05. The van der Waals surface area contributed by atoms with Crippen molar-refractivity contribution in [2.24, 2.45) is 0 Å². The lowest BCUT2D eigenvalue weighted by Crippen LogP contribution is -2.32. The zero-order chi connectivity index (χ0) is 11.8. The minimum atomic E-state index is -3.21. The van der Waals surface area contributed by atoms with Crippen LogP contribution in [0.5, 0.6) is 0 Å². The van der Waals surface area contributed by atoms with E-state index in [1.807, 2.05) is 0 Å². The number of sulfonamides is 1. The first kappa shape index (κ1) is 11.4. The van der Waals surface area contributed by atoms with Gasteiger partial charge in [0.05, 0.1) is 11.4 Å². The summed E-state index contributed by atoms with van der Waals surface area (Å²) < 4.78 is 24.6. The Morgan fingerprint density at radius 2 is 2.06 bits per heavy atom. The average Bonchev–Trinajstić information content (AvgIpc) is 2.58. The summed E-state index contributed by atoms with van der Waals surface area (Å²) in [6.07, 6.45) is 0.605. The summed E-state index contributed by atoms with van der Waals surface area (Å²) in [6, 6.07) is 6.27. The normalized spacial score (nSPS) is 18.8. The van der Waals surface area contributed by atoms with Gasteiger partial charge in [-0.25, -0.2) is 8.42 Å². The van der Waals surface area contributed by atoms with E-state index in [0.29, 0.717) is 24.1 Å². The first-order chi connectivity index (χ1) is 7.50. The predicted molar refractivity (Wildman–Crippen MR) is 62.0 cm³/mol. The van der Waals surface area contributed by atoms with Crippen molar-refractivity contribution in [2.45, 2.75) is 6.42 Å². The highest BCUT2D eigenvalue weighted by Crippen LogP contribution is 2.22. The molecule has 16 heavy (non-hydrogen) atoms. The fourth-order valence-electron chi connectivity index (χ4n) is 1.77. The van der Waals surface area contributed by atoms with E-state index in [1.165, 1.54) is 16.4 Å². The van der Waals surface area contributed by atoms with E-state index in [4.69, 9.17) is 10.0 Å². The van der Waals surface area contributed by atoms with Crippen molar-refractivity contribution in [1.82, 2.24) is 0 Å². The Morgan fingerprint density at radius 3 is 2.62 bits per heavy atom. The number of benzene rings is 1. The molecule has 5 nitrogen and oxygen atoms in total. The smallest absolute Gasteiger partial charge is 0.423 e. The molecular formula is C9H12BNO4S. The van der Waals surface area contributed by atoms with E-state index in [9.17, 15) is 8.42 Å². The standard InChI is InChI=1S/C9H12BNO4S/c12-10(13)8-3-1-4-9(7-8)11-5-2-6-16(11,14)15/h1,3-4,7,12-13H,2,5-6H2. The summed E-state index contributed by atoms with van der Waals surface area (Å²) >= 11 is 0. The maximum atomic E-state index is 11.6. The molecule has 1 aromatic carbocycles. The molecule has 0 spiro atoms. The lowest BCUT2D eigenvalue weighted by Gasteiger charge is -2.17. The molecule has 86 valence electrons. The van der Waals surface area contributed by atoms with E-state index in [1.54, 1.807) is 12.1 Å². The molecule has 0 unspecified atom stereocenters. The minimum absolute atomic E-state index is 0.152. The van der Waals surface area contributed by atoms with Gasteiger partial charge >= 0.3 is 7.12 Å². The number of nitrogens with zero attached hydrogens (tertiary/aromatic N) is 1. The SMILES string of the molecule is O=S1(=O)CCCN1c1cccc(B(O)O)c1. The number of anilines is 1. The first-order valence-corrected chi connectivity index (χ1v) is 6.58. The van der Waals surface area contributed by atoms with Gasteiger partial charge in [-0.3, -0.25) is 4.31 Å². The van der Waals surface area contributed by atoms with Crippen LogP contribution in [0.25, 0.3) is 0 Å². The zero-order valence-electron chi connectivity index (χ0n) is 8.57. The van der Waals surface area contributed by atoms with Crippen LogP contribution in [-0.2, 0) is 10.0 Å². The van der Waals surface area contributed by atoms with Crippen molar-refractivity contribution < 1.29 is 18.5 Å². The topological polar surface area (TPSA) is 77.8 Å². The molecule has 1 aliphatic heterocycles. The van der Waals surface area contributed by atoms with Gasteiger partial charge in [-0.1, -0.05) is 12.1 Å². The van der Waals surface area contributed by atoms with Crippen molar-refractivity contribution in [3.63, 3.8) is 0 Å². The van der Waals surface area contributed by atoms with Gasteiger partial charge < -0.3 is 10.0 Å². The molecule has 0 radical (unpaired) electrons. The molecule has 0 aliphatic carbocycles. The fourth-order valence-corrected chi connectivity index (χ4v) is 3.33. The highest BCUT2D eigenvalue weighted by molar-refractivity contribution is 7.93. The molecule has 1 aromatic rings. The van der Waals surface area contributed by atoms with Gasteiger partial charge in [0, 0.05) is 6.54 Å². The van der Waals surface area contributed by atoms with Crippen molar-refractivity contribution in [1.29, 1.82) is 0 Å². The van der Waals surface area contributed by atoms with Gasteiger partial charge in [-0.05, 0) is 24.0 Å². The van der Waals surface area contributed by atoms with Crippen LogP contribution in [0, 0.1) is 0 Å². The molecule has 7 heteroatoms. The van der Waals surface area contributed by atoms with Crippen LogP contribution in [-0.4, -0.2) is 37.9 Å². The number of hydrogen-bond donors (Lipinski definition) is 2. The van der Waals surface area contributed by atoms with Crippen molar-refractivity contribution >= 4 is 28.3 Å². The molecule has 2 rings (SSSR count). The van der Waals surface area contributed by atoms with Crippen LogP contribution < -0.4 is 9.77 Å². The largest absolute Gasteiger partial charge is 0.488 e. The van der Waals surface area contributed by atoms with Crippen LogP contribution in [0.4, 0.5) is 5.69 Å². The summed E-state index contributed by atoms with van der Waals surface area (Å²) in [4.78, 5) is 0. The quantitative estimate of drug-likeness (QED) is 0.645. The van der Waals surface area contributed by atoms with E-state index in [0.717, 1.165) is 0 Å². The van der Waals surface area contributed by atoms with Gasteiger partial charge in [0.2, 0.25) is 10.0 Å². The number of hydrogen-bond acceptors (Lipinski definition) is 4. The minimum Gasteiger partial charge on any atom is -0.423 e. The molecule has 1 heterocycles. The van der Waals surface area contributed by atoms with Gasteiger partial charge in [-0.15, -0.1) is 0 Å². The third kappa shape index (κ3) is 2.06. The maximum absolute atomic E-state index is 11.6. The monoisotopic (exact) mass is 241 g/mol. The predicted octanol–water partition coefficient (Wildman–Crippen LogP) is -1.09. The first-order valence-electron chi connectivity index (χ1n) is 4.97. The average molecular weight is 241 g/mol. The molecule has 2 N–H and O–H groups in total. The third-order valence-corrected chi connectivity index (χ3v) is 4.43. The number of rotatable bonds is 2. The highest BCUT2D eigenvalue weighted by Gasteiger charge is 2.28. The van der Waals surface area contributed by atoms with Crippen LogP contribution in [0.3, 0.4) is 0 Å². The van der Waals surface area contributed by atoms with Crippen molar-refractivity contribution in [2.75, 3.05) is 16.6 Å². The second-order valence-corrected chi connectivity index (χ2v) is 5.72. The summed E-state index contributed by atoms with van der Waals surface area (Å²) in [5.74, 6) is 0.152. The molecule has 0 bridgehead atoms. The Morgan fingerprint density at radius 1 is 1.31 bits per heavy atom. The molecule has 0 saturated carbocycles. The maximum Gasteiger partial charge on any atom is 0.488 e. The molecule has 0 atom stereocenters. The van der Waals surface area contributed by atoms with Gasteiger partial charge in [0.25, 0.3) is 0 Å². The second kappa shape index (κ2) is 4.08. The summed E-state index contributed by atoms with van der Waals surface area (Å²) in [7, 11) is -4.79. The third-order valence-electron chi connectivity index (χ3n) is 2.56. The Bertz CT molecular complexity index is 488. The van der Waals surface area contributed by atoms with Crippen LogP contribution in [0.2, 0.25) is 0 Å². The van der Waals surface area contributed by atoms with E-state index >= 15 is 0 Å². The van der Waals surface area contributed by atoms with Crippen LogP contribution in [0.1, 0.15) is 6.42 Å². The van der Waals surface area contributed by atoms with E-state index in [2.05, 4.69) is 0 Å². The lowest BCUT2D eigenvalue weighted by molar-refractivity contribution is 0.426. The molecule has 1 saturated heterocycles. The van der Waals surface area contributed by atoms with Gasteiger partial charge in [0.1, 0.15) is 0 Å². The van der Waals surface area contributed by atoms with E-state index in [-0.39, 0.29) is 5.75 Å².